The molecule has 1 N–H and O–H groups in total. The van der Waals surface area contributed by atoms with Gasteiger partial charge in [-0.2, -0.15) is 5.10 Å². The number of aromatic amines is 1. The summed E-state index contributed by atoms with van der Waals surface area (Å²) in [6, 6.07) is 9.13. The lowest BCUT2D eigenvalue weighted by atomic mass is 10.1. The SMILES string of the molecule is O=C([O-])c1cn[nH]c1-c1ccccc1. The summed E-state index contributed by atoms with van der Waals surface area (Å²) >= 11 is 0. The molecule has 0 saturated carbocycles. The molecular formula is C10H7N2O2-. The van der Waals surface area contributed by atoms with E-state index in [2.05, 4.69) is 10.2 Å². The number of nitrogens with zero attached hydrogens (tertiary/aromatic N) is 1. The van der Waals surface area contributed by atoms with Gasteiger partial charge in [0.2, 0.25) is 0 Å². The molecule has 14 heavy (non-hydrogen) atoms. The van der Waals surface area contributed by atoms with Crippen LogP contribution in [0.1, 0.15) is 10.4 Å². The van der Waals surface area contributed by atoms with E-state index in [1.807, 2.05) is 18.2 Å². The average Bonchev–Trinajstić information content (AvgIpc) is 2.67. The van der Waals surface area contributed by atoms with Crippen LogP contribution in [0.4, 0.5) is 0 Å². The second kappa shape index (κ2) is 3.33. The molecule has 4 nitrogen and oxygen atoms in total. The third-order valence-corrected chi connectivity index (χ3v) is 1.92. The van der Waals surface area contributed by atoms with Crippen molar-refractivity contribution >= 4 is 5.97 Å². The maximum atomic E-state index is 10.7. The molecule has 0 aliphatic rings. The molecule has 1 aromatic carbocycles. The number of carboxylic acids is 1. The van der Waals surface area contributed by atoms with Crippen LogP contribution in [-0.4, -0.2) is 16.2 Å². The maximum Gasteiger partial charge on any atom is 0.0753 e. The molecule has 0 fully saturated rings. The van der Waals surface area contributed by atoms with E-state index in [1.54, 1.807) is 12.1 Å². The third kappa shape index (κ3) is 1.37. The number of hydrogen-bond donors (Lipinski definition) is 1. The molecule has 2 aromatic rings. The number of nitrogens with one attached hydrogen (secondary N) is 1. The van der Waals surface area contributed by atoms with Crippen LogP contribution in [0, 0.1) is 0 Å². The number of hydrogen-bond acceptors (Lipinski definition) is 3. The fourth-order valence-electron chi connectivity index (χ4n) is 1.27. The second-order valence-corrected chi connectivity index (χ2v) is 2.81. The fourth-order valence-corrected chi connectivity index (χ4v) is 1.27. The Labute approximate surface area is 80.2 Å². The standard InChI is InChI=1S/C10H8N2O2/c13-10(14)8-6-11-12-9(8)7-4-2-1-3-5-7/h1-6H,(H,11,12)(H,13,14)/p-1. The van der Waals surface area contributed by atoms with Crippen molar-refractivity contribution in [3.05, 3.63) is 42.1 Å². The van der Waals surface area contributed by atoms with Crippen molar-refractivity contribution in [1.82, 2.24) is 10.2 Å². The smallest absolute Gasteiger partial charge is 0.0753 e. The molecule has 1 aromatic heterocycles. The molecule has 2 rings (SSSR count). The number of aromatic nitrogens is 2. The van der Waals surface area contributed by atoms with Gasteiger partial charge in [-0.15, -0.1) is 0 Å². The van der Waals surface area contributed by atoms with Gasteiger partial charge in [-0.25, -0.2) is 0 Å². The summed E-state index contributed by atoms with van der Waals surface area (Å²) in [6.07, 6.45) is 1.25. The van der Waals surface area contributed by atoms with Crippen molar-refractivity contribution < 1.29 is 9.90 Å². The van der Waals surface area contributed by atoms with Gasteiger partial charge in [0.15, 0.2) is 0 Å². The number of H-pyrrole nitrogens is 1. The maximum absolute atomic E-state index is 10.7. The molecule has 70 valence electrons. The third-order valence-electron chi connectivity index (χ3n) is 1.92. The van der Waals surface area contributed by atoms with Gasteiger partial charge in [0.05, 0.1) is 17.9 Å². The Balaban J connectivity index is 2.52. The fraction of sp³-hybridized carbons (Fsp3) is 0. The normalized spacial score (nSPS) is 10.0. The predicted octanol–water partition coefficient (Wildman–Crippen LogP) is 0.440. The Morgan fingerprint density at radius 3 is 2.64 bits per heavy atom. The van der Waals surface area contributed by atoms with E-state index in [1.165, 1.54) is 6.20 Å². The van der Waals surface area contributed by atoms with Crippen LogP contribution in [0.5, 0.6) is 0 Å². The van der Waals surface area contributed by atoms with E-state index in [0.717, 1.165) is 5.56 Å². The lowest BCUT2D eigenvalue weighted by Gasteiger charge is -2.02. The van der Waals surface area contributed by atoms with Crippen LogP contribution < -0.4 is 5.11 Å². The van der Waals surface area contributed by atoms with Gasteiger partial charge in [-0.3, -0.25) is 5.10 Å². The summed E-state index contributed by atoms with van der Waals surface area (Å²) in [5, 5.41) is 17.0. The van der Waals surface area contributed by atoms with Crippen LogP contribution in [0.3, 0.4) is 0 Å². The molecule has 0 amide bonds. The summed E-state index contributed by atoms with van der Waals surface area (Å²) in [7, 11) is 0. The summed E-state index contributed by atoms with van der Waals surface area (Å²) in [6.45, 7) is 0. The van der Waals surface area contributed by atoms with Gasteiger partial charge in [0.25, 0.3) is 0 Å². The van der Waals surface area contributed by atoms with Crippen molar-refractivity contribution in [2.24, 2.45) is 0 Å². The van der Waals surface area contributed by atoms with Crippen LogP contribution in [0.25, 0.3) is 11.3 Å². The van der Waals surface area contributed by atoms with E-state index in [-0.39, 0.29) is 5.56 Å². The topological polar surface area (TPSA) is 68.8 Å². The van der Waals surface area contributed by atoms with Crippen LogP contribution in [0.15, 0.2) is 36.5 Å². The van der Waals surface area contributed by atoms with Crippen LogP contribution in [0.2, 0.25) is 0 Å². The van der Waals surface area contributed by atoms with Gasteiger partial charge < -0.3 is 9.90 Å². The first kappa shape index (κ1) is 8.50. The summed E-state index contributed by atoms with van der Waals surface area (Å²) in [5.74, 6) is -1.22. The number of carbonyl (C=O) groups excluding carboxylic acids is 1. The Kier molecular flexibility index (Phi) is 2.02. The molecule has 0 unspecified atom stereocenters. The van der Waals surface area contributed by atoms with Crippen molar-refractivity contribution in [3.63, 3.8) is 0 Å². The molecule has 4 heteroatoms. The van der Waals surface area contributed by atoms with Crippen molar-refractivity contribution in [3.8, 4) is 11.3 Å². The number of aromatic carboxylic acids is 1. The molecule has 0 atom stereocenters. The highest BCUT2D eigenvalue weighted by atomic mass is 16.4. The Morgan fingerprint density at radius 1 is 1.29 bits per heavy atom. The van der Waals surface area contributed by atoms with Crippen LogP contribution in [-0.2, 0) is 0 Å². The van der Waals surface area contributed by atoms with Gasteiger partial charge in [0.1, 0.15) is 0 Å². The zero-order valence-corrected chi connectivity index (χ0v) is 7.23. The van der Waals surface area contributed by atoms with E-state index < -0.39 is 5.97 Å². The first-order valence-corrected chi connectivity index (χ1v) is 4.09. The highest BCUT2D eigenvalue weighted by Gasteiger charge is 2.06. The van der Waals surface area contributed by atoms with E-state index in [0.29, 0.717) is 5.69 Å². The molecule has 0 aliphatic heterocycles. The zero-order chi connectivity index (χ0) is 9.97. The Hall–Kier alpha value is -2.10. The molecule has 0 spiro atoms. The minimum atomic E-state index is -1.22. The molecule has 0 saturated heterocycles. The summed E-state index contributed by atoms with van der Waals surface area (Å²) in [5.41, 5.74) is 1.34. The predicted molar refractivity (Wildman–Crippen MR) is 48.4 cm³/mol. The second-order valence-electron chi connectivity index (χ2n) is 2.81. The van der Waals surface area contributed by atoms with Gasteiger partial charge in [0, 0.05) is 11.1 Å². The monoisotopic (exact) mass is 187 g/mol. The highest BCUT2D eigenvalue weighted by molar-refractivity contribution is 5.93. The van der Waals surface area contributed by atoms with E-state index >= 15 is 0 Å². The quantitative estimate of drug-likeness (QED) is 0.741. The molecular weight excluding hydrogens is 180 g/mol. The Morgan fingerprint density at radius 2 is 2.00 bits per heavy atom. The lowest BCUT2D eigenvalue weighted by molar-refractivity contribution is -0.254. The number of carboxylic acid groups (broad SMARTS) is 1. The summed E-state index contributed by atoms with van der Waals surface area (Å²) < 4.78 is 0. The first-order chi connectivity index (χ1) is 6.79. The van der Waals surface area contributed by atoms with E-state index in [9.17, 15) is 9.90 Å². The minimum absolute atomic E-state index is 0.0798. The molecule has 0 bridgehead atoms. The summed E-state index contributed by atoms with van der Waals surface area (Å²) in [4.78, 5) is 10.7. The minimum Gasteiger partial charge on any atom is -0.545 e. The van der Waals surface area contributed by atoms with Crippen molar-refractivity contribution in [1.29, 1.82) is 0 Å². The molecule has 0 radical (unpaired) electrons. The van der Waals surface area contributed by atoms with Gasteiger partial charge in [-0.05, 0) is 0 Å². The van der Waals surface area contributed by atoms with Crippen LogP contribution >= 0.6 is 0 Å². The lowest BCUT2D eigenvalue weighted by Crippen LogP contribution is -2.22. The van der Waals surface area contributed by atoms with Crippen molar-refractivity contribution in [2.75, 3.05) is 0 Å². The number of rotatable bonds is 2. The molecule has 0 aliphatic carbocycles. The largest absolute Gasteiger partial charge is 0.545 e. The van der Waals surface area contributed by atoms with Gasteiger partial charge in [-0.1, -0.05) is 30.3 Å². The number of carbonyl (C=O) groups is 1. The highest BCUT2D eigenvalue weighted by Crippen LogP contribution is 2.19. The van der Waals surface area contributed by atoms with Crippen molar-refractivity contribution in [2.45, 2.75) is 0 Å². The zero-order valence-electron chi connectivity index (χ0n) is 7.23. The molecule has 1 heterocycles. The van der Waals surface area contributed by atoms with Gasteiger partial charge >= 0.3 is 0 Å². The number of benzene rings is 1. The average molecular weight is 187 g/mol. The Bertz CT molecular complexity index is 448. The first-order valence-electron chi connectivity index (χ1n) is 4.09. The van der Waals surface area contributed by atoms with E-state index in [4.69, 9.17) is 0 Å².